The first-order valence-electron chi connectivity index (χ1n) is 4.32. The van der Waals surface area contributed by atoms with Gasteiger partial charge in [0, 0.05) is 12.5 Å². The van der Waals surface area contributed by atoms with Crippen LogP contribution in [0.25, 0.3) is 0 Å². The molecular formula is C9H11N3. The maximum atomic E-state index is 8.80. The molecule has 2 rings (SSSR count). The van der Waals surface area contributed by atoms with Crippen molar-refractivity contribution >= 4 is 0 Å². The quantitative estimate of drug-likeness (QED) is 0.661. The summed E-state index contributed by atoms with van der Waals surface area (Å²) >= 11 is 0. The lowest BCUT2D eigenvalue weighted by atomic mass is 10.2. The van der Waals surface area contributed by atoms with Gasteiger partial charge in [0.1, 0.15) is 6.07 Å². The number of nitrogens with zero attached hydrogens (tertiary/aromatic N) is 3. The van der Waals surface area contributed by atoms with Crippen LogP contribution in [-0.4, -0.2) is 9.78 Å². The number of nitriles is 1. The van der Waals surface area contributed by atoms with Crippen molar-refractivity contribution in [1.82, 2.24) is 9.78 Å². The Morgan fingerprint density at radius 2 is 2.50 bits per heavy atom. The molecule has 0 atom stereocenters. The molecule has 1 aliphatic rings. The molecule has 0 N–H and O–H groups in total. The first-order valence-corrected chi connectivity index (χ1v) is 4.32. The maximum Gasteiger partial charge on any atom is 0.103 e. The van der Waals surface area contributed by atoms with Gasteiger partial charge in [-0.2, -0.15) is 10.4 Å². The van der Waals surface area contributed by atoms with Crippen molar-refractivity contribution in [2.75, 3.05) is 0 Å². The van der Waals surface area contributed by atoms with Gasteiger partial charge in [0.2, 0.25) is 0 Å². The molecule has 1 aromatic heterocycles. The lowest BCUT2D eigenvalue weighted by Crippen LogP contribution is -2.01. The molecule has 0 saturated heterocycles. The van der Waals surface area contributed by atoms with E-state index >= 15 is 0 Å². The average Bonchev–Trinajstić information content (AvgIpc) is 2.85. The number of aryl methyl sites for hydroxylation is 1. The van der Waals surface area contributed by atoms with Crippen molar-refractivity contribution in [2.45, 2.75) is 32.2 Å². The highest BCUT2D eigenvalue weighted by Gasteiger charge is 2.29. The molecular weight excluding hydrogens is 150 g/mol. The molecule has 3 heteroatoms. The van der Waals surface area contributed by atoms with E-state index in [4.69, 9.17) is 5.26 Å². The summed E-state index contributed by atoms with van der Waals surface area (Å²) in [5.41, 5.74) is 1.92. The second-order valence-electron chi connectivity index (χ2n) is 3.15. The van der Waals surface area contributed by atoms with Crippen LogP contribution < -0.4 is 0 Å². The van der Waals surface area contributed by atoms with Gasteiger partial charge >= 0.3 is 0 Å². The van der Waals surface area contributed by atoms with E-state index in [1.807, 2.05) is 4.68 Å². The average molecular weight is 161 g/mol. The summed E-state index contributed by atoms with van der Waals surface area (Å²) in [5, 5.41) is 13.0. The van der Waals surface area contributed by atoms with E-state index in [0.29, 0.717) is 5.92 Å². The summed E-state index contributed by atoms with van der Waals surface area (Å²) in [6.07, 6.45) is 4.12. The van der Waals surface area contributed by atoms with Gasteiger partial charge in [0.05, 0.1) is 17.5 Å². The van der Waals surface area contributed by atoms with E-state index < -0.39 is 0 Å². The van der Waals surface area contributed by atoms with Crippen molar-refractivity contribution in [3.05, 3.63) is 17.5 Å². The molecule has 0 radical (unpaired) electrons. The molecule has 1 fully saturated rings. The first kappa shape index (κ1) is 7.35. The Morgan fingerprint density at radius 3 is 3.00 bits per heavy atom. The van der Waals surface area contributed by atoms with Crippen molar-refractivity contribution in [2.24, 2.45) is 0 Å². The van der Waals surface area contributed by atoms with Crippen LogP contribution in [0.15, 0.2) is 6.20 Å². The third-order valence-electron chi connectivity index (χ3n) is 2.26. The summed E-state index contributed by atoms with van der Waals surface area (Å²) in [4.78, 5) is 0. The molecule has 0 spiro atoms. The third kappa shape index (κ3) is 1.00. The number of rotatable bonds is 2. The van der Waals surface area contributed by atoms with E-state index in [0.717, 1.165) is 17.8 Å². The second-order valence-corrected chi connectivity index (χ2v) is 3.15. The zero-order valence-corrected chi connectivity index (χ0v) is 7.12. The van der Waals surface area contributed by atoms with Gasteiger partial charge < -0.3 is 0 Å². The van der Waals surface area contributed by atoms with Gasteiger partial charge in [-0.15, -0.1) is 0 Å². The molecule has 0 aromatic carbocycles. The van der Waals surface area contributed by atoms with Crippen LogP contribution in [0.5, 0.6) is 0 Å². The summed E-state index contributed by atoms with van der Waals surface area (Å²) in [6.45, 7) is 2.92. The molecule has 0 amide bonds. The van der Waals surface area contributed by atoms with Crippen molar-refractivity contribution in [3.8, 4) is 6.07 Å². The Labute approximate surface area is 71.6 Å². The summed E-state index contributed by atoms with van der Waals surface area (Å²) in [6, 6.07) is 2.19. The zero-order valence-electron chi connectivity index (χ0n) is 7.12. The normalized spacial score (nSPS) is 16.0. The molecule has 62 valence electrons. The molecule has 3 nitrogen and oxygen atoms in total. The lowest BCUT2D eigenvalue weighted by molar-refractivity contribution is 0.623. The van der Waals surface area contributed by atoms with Crippen LogP contribution >= 0.6 is 0 Å². The molecule has 1 aliphatic carbocycles. The predicted octanol–water partition coefficient (Wildman–Crippen LogP) is 1.65. The van der Waals surface area contributed by atoms with Crippen LogP contribution in [0.2, 0.25) is 0 Å². The summed E-state index contributed by atoms with van der Waals surface area (Å²) < 4.78 is 1.94. The van der Waals surface area contributed by atoms with E-state index in [-0.39, 0.29) is 0 Å². The highest BCUT2D eigenvalue weighted by atomic mass is 15.3. The largest absolute Gasteiger partial charge is 0.268 e. The van der Waals surface area contributed by atoms with Gasteiger partial charge in [-0.05, 0) is 19.8 Å². The van der Waals surface area contributed by atoms with Crippen LogP contribution in [0, 0.1) is 11.3 Å². The van der Waals surface area contributed by atoms with Crippen LogP contribution in [0.4, 0.5) is 0 Å². The minimum Gasteiger partial charge on any atom is -0.268 e. The fourth-order valence-corrected chi connectivity index (χ4v) is 1.52. The summed E-state index contributed by atoms with van der Waals surface area (Å²) in [5.74, 6) is 0.613. The summed E-state index contributed by atoms with van der Waals surface area (Å²) in [7, 11) is 0. The second kappa shape index (κ2) is 2.63. The van der Waals surface area contributed by atoms with Crippen molar-refractivity contribution in [1.29, 1.82) is 5.26 Å². The molecule has 0 aliphatic heterocycles. The van der Waals surface area contributed by atoms with Gasteiger partial charge in [-0.25, -0.2) is 0 Å². The first-order chi connectivity index (χ1) is 5.86. The Balaban J connectivity index is 2.44. The Hall–Kier alpha value is -1.30. The van der Waals surface area contributed by atoms with Crippen LogP contribution in [0.3, 0.4) is 0 Å². The van der Waals surface area contributed by atoms with Crippen molar-refractivity contribution < 1.29 is 0 Å². The van der Waals surface area contributed by atoms with Gasteiger partial charge in [-0.1, -0.05) is 0 Å². The van der Waals surface area contributed by atoms with Crippen LogP contribution in [0.1, 0.15) is 36.9 Å². The van der Waals surface area contributed by atoms with Gasteiger partial charge in [0.25, 0.3) is 0 Å². The Morgan fingerprint density at radius 1 is 1.75 bits per heavy atom. The molecule has 1 saturated carbocycles. The predicted molar refractivity (Wildman–Crippen MR) is 44.6 cm³/mol. The standard InChI is InChI=1S/C9H11N3/c1-2-12-9(7-3-4-7)8(5-10)6-11-12/h6-7H,2-4H2,1H3. The number of hydrogen-bond donors (Lipinski definition) is 0. The third-order valence-corrected chi connectivity index (χ3v) is 2.26. The SMILES string of the molecule is CCn1ncc(C#N)c1C1CC1. The monoisotopic (exact) mass is 161 g/mol. The van der Waals surface area contributed by atoms with Crippen LogP contribution in [-0.2, 0) is 6.54 Å². The molecule has 0 unspecified atom stereocenters. The van der Waals surface area contributed by atoms with Crippen molar-refractivity contribution in [3.63, 3.8) is 0 Å². The molecule has 12 heavy (non-hydrogen) atoms. The maximum absolute atomic E-state index is 8.80. The van der Waals surface area contributed by atoms with E-state index in [2.05, 4.69) is 18.1 Å². The lowest BCUT2D eigenvalue weighted by Gasteiger charge is -2.01. The smallest absolute Gasteiger partial charge is 0.103 e. The fraction of sp³-hybridized carbons (Fsp3) is 0.556. The van der Waals surface area contributed by atoms with Gasteiger partial charge in [0.15, 0.2) is 0 Å². The van der Waals surface area contributed by atoms with E-state index in [1.165, 1.54) is 12.8 Å². The highest BCUT2D eigenvalue weighted by Crippen LogP contribution is 2.41. The van der Waals surface area contributed by atoms with E-state index in [1.54, 1.807) is 6.20 Å². The topological polar surface area (TPSA) is 41.6 Å². The molecule has 1 heterocycles. The minimum atomic E-state index is 0.613. The van der Waals surface area contributed by atoms with Gasteiger partial charge in [-0.3, -0.25) is 4.68 Å². The molecule has 0 bridgehead atoms. The fourth-order valence-electron chi connectivity index (χ4n) is 1.52. The molecule has 1 aromatic rings. The number of hydrogen-bond acceptors (Lipinski definition) is 2. The number of aromatic nitrogens is 2. The van der Waals surface area contributed by atoms with E-state index in [9.17, 15) is 0 Å². The Bertz CT molecular complexity index is 328. The zero-order chi connectivity index (χ0) is 8.55. The highest BCUT2D eigenvalue weighted by molar-refractivity contribution is 5.35. The minimum absolute atomic E-state index is 0.613. The Kier molecular flexibility index (Phi) is 1.61.